The third kappa shape index (κ3) is 1.60. The summed E-state index contributed by atoms with van der Waals surface area (Å²) in [7, 11) is 0. The smallest absolute Gasteiger partial charge is 0.225 e. The first-order valence-corrected chi connectivity index (χ1v) is 4.17. The first-order chi connectivity index (χ1) is 5.70. The van der Waals surface area contributed by atoms with Gasteiger partial charge in [0.05, 0.1) is 0 Å². The molecule has 4 nitrogen and oxygen atoms in total. The summed E-state index contributed by atoms with van der Waals surface area (Å²) >= 11 is 5.51. The highest BCUT2D eigenvalue weighted by Crippen LogP contribution is 2.16. The Balaban J connectivity index is 2.55. The van der Waals surface area contributed by atoms with E-state index >= 15 is 0 Å². The summed E-state index contributed by atoms with van der Waals surface area (Å²) in [4.78, 5) is 12.4. The van der Waals surface area contributed by atoms with Crippen molar-refractivity contribution in [3.63, 3.8) is 0 Å². The van der Waals surface area contributed by atoms with Crippen LogP contribution in [-0.4, -0.2) is 34.6 Å². The maximum atomic E-state index is 10.9. The van der Waals surface area contributed by atoms with Crippen molar-refractivity contribution >= 4 is 17.5 Å². The summed E-state index contributed by atoms with van der Waals surface area (Å²) in [6.07, 6.45) is 0.0112. The summed E-state index contributed by atoms with van der Waals surface area (Å²) in [6, 6.07) is 0. The third-order valence-corrected chi connectivity index (χ3v) is 2.22. The van der Waals surface area contributed by atoms with Crippen molar-refractivity contribution in [2.24, 2.45) is 0 Å². The number of rotatable bonds is 4. The first kappa shape index (κ1) is 9.51. The normalized spacial score (nSPS) is 18.8. The summed E-state index contributed by atoms with van der Waals surface area (Å²) in [5.74, 6) is 0.231. The largest absolute Gasteiger partial charge is 0.321 e. The molecule has 1 heterocycles. The Morgan fingerprint density at radius 2 is 2.58 bits per heavy atom. The number of carbonyl (C=O) groups is 1. The average molecular weight is 191 g/mol. The maximum Gasteiger partial charge on any atom is 0.225 e. The summed E-state index contributed by atoms with van der Waals surface area (Å²) in [6.45, 7) is 4.28. The molecular formula is C7H11ClN2O2. The van der Waals surface area contributed by atoms with Crippen molar-refractivity contribution in [3.8, 4) is 0 Å². The number of hydrogen-bond donors (Lipinski definition) is 2. The minimum Gasteiger partial charge on any atom is -0.321 e. The van der Waals surface area contributed by atoms with E-state index in [1.165, 1.54) is 4.90 Å². The standard InChI is InChI=1S/C7H11ClN2O2/c1-5(4-8)7(9-12)10-3-2-6(10)11/h7,9,12H,1-4H2/t7-/m1/s1. The molecule has 1 aliphatic rings. The molecule has 0 radical (unpaired) electrons. The lowest BCUT2D eigenvalue weighted by Crippen LogP contribution is -2.56. The fourth-order valence-corrected chi connectivity index (χ4v) is 1.21. The quantitative estimate of drug-likeness (QED) is 0.291. The fourth-order valence-electron chi connectivity index (χ4n) is 1.06. The number of alkyl halides is 1. The van der Waals surface area contributed by atoms with E-state index in [2.05, 4.69) is 6.58 Å². The zero-order valence-electron chi connectivity index (χ0n) is 6.59. The van der Waals surface area contributed by atoms with Crippen LogP contribution in [-0.2, 0) is 4.79 Å². The number of carbonyl (C=O) groups excluding carboxylic acids is 1. The van der Waals surface area contributed by atoms with Gasteiger partial charge < -0.3 is 10.1 Å². The lowest BCUT2D eigenvalue weighted by Gasteiger charge is -2.37. The molecule has 1 aliphatic heterocycles. The highest BCUT2D eigenvalue weighted by molar-refractivity contribution is 6.19. The molecule has 0 aliphatic carbocycles. The van der Waals surface area contributed by atoms with Gasteiger partial charge in [-0.1, -0.05) is 6.58 Å². The van der Waals surface area contributed by atoms with E-state index in [0.29, 0.717) is 18.5 Å². The van der Waals surface area contributed by atoms with Crippen molar-refractivity contribution in [3.05, 3.63) is 12.2 Å². The molecule has 1 amide bonds. The minimum atomic E-state index is -0.524. The van der Waals surface area contributed by atoms with Crippen molar-refractivity contribution in [2.45, 2.75) is 12.6 Å². The predicted octanol–water partition coefficient (Wildman–Crippen LogP) is 0.319. The van der Waals surface area contributed by atoms with E-state index in [1.54, 1.807) is 0 Å². The number of halogens is 1. The molecule has 1 rings (SSSR count). The van der Waals surface area contributed by atoms with Crippen LogP contribution in [0, 0.1) is 0 Å². The average Bonchev–Trinajstić information content (AvgIpc) is 2.09. The van der Waals surface area contributed by atoms with Crippen LogP contribution in [0.3, 0.4) is 0 Å². The molecule has 0 saturated carbocycles. The zero-order valence-corrected chi connectivity index (χ0v) is 7.34. The van der Waals surface area contributed by atoms with Gasteiger partial charge in [0, 0.05) is 18.8 Å². The van der Waals surface area contributed by atoms with Crippen LogP contribution in [0.1, 0.15) is 6.42 Å². The molecule has 68 valence electrons. The monoisotopic (exact) mass is 190 g/mol. The number of hydrogen-bond acceptors (Lipinski definition) is 3. The van der Waals surface area contributed by atoms with Crippen LogP contribution in [0.15, 0.2) is 12.2 Å². The second-order valence-corrected chi connectivity index (χ2v) is 2.93. The lowest BCUT2D eigenvalue weighted by molar-refractivity contribution is -0.145. The van der Waals surface area contributed by atoms with E-state index in [9.17, 15) is 4.79 Å². The lowest BCUT2D eigenvalue weighted by atomic mass is 10.1. The second-order valence-electron chi connectivity index (χ2n) is 2.66. The number of hydroxylamine groups is 1. The van der Waals surface area contributed by atoms with E-state index in [1.807, 2.05) is 5.48 Å². The molecule has 0 aromatic carbocycles. The van der Waals surface area contributed by atoms with Gasteiger partial charge in [0.1, 0.15) is 6.17 Å². The van der Waals surface area contributed by atoms with E-state index < -0.39 is 6.17 Å². The van der Waals surface area contributed by atoms with E-state index in [0.717, 1.165) is 0 Å². The molecule has 12 heavy (non-hydrogen) atoms. The van der Waals surface area contributed by atoms with E-state index in [-0.39, 0.29) is 11.8 Å². The molecule has 0 aromatic heterocycles. The van der Waals surface area contributed by atoms with Gasteiger partial charge in [0.2, 0.25) is 5.91 Å². The Labute approximate surface area is 75.8 Å². The highest BCUT2D eigenvalue weighted by atomic mass is 35.5. The van der Waals surface area contributed by atoms with Crippen LogP contribution >= 0.6 is 11.6 Å². The van der Waals surface area contributed by atoms with Gasteiger partial charge >= 0.3 is 0 Å². The number of nitrogens with one attached hydrogen (secondary N) is 1. The van der Waals surface area contributed by atoms with Gasteiger partial charge in [0.15, 0.2) is 0 Å². The first-order valence-electron chi connectivity index (χ1n) is 3.63. The Morgan fingerprint density at radius 3 is 2.83 bits per heavy atom. The van der Waals surface area contributed by atoms with Crippen LogP contribution in [0.4, 0.5) is 0 Å². The molecule has 0 bridgehead atoms. The van der Waals surface area contributed by atoms with Crippen molar-refractivity contribution in [1.29, 1.82) is 0 Å². The molecule has 1 fully saturated rings. The molecule has 1 saturated heterocycles. The number of nitrogens with zero attached hydrogens (tertiary/aromatic N) is 1. The Morgan fingerprint density at radius 1 is 1.92 bits per heavy atom. The van der Waals surface area contributed by atoms with Gasteiger partial charge in [-0.25, -0.2) is 0 Å². The van der Waals surface area contributed by atoms with Crippen LogP contribution in [0.25, 0.3) is 0 Å². The Kier molecular flexibility index (Phi) is 3.08. The number of amides is 1. The topological polar surface area (TPSA) is 52.6 Å². The predicted molar refractivity (Wildman–Crippen MR) is 44.9 cm³/mol. The highest BCUT2D eigenvalue weighted by Gasteiger charge is 2.31. The third-order valence-electron chi connectivity index (χ3n) is 1.88. The van der Waals surface area contributed by atoms with Crippen molar-refractivity contribution in [2.75, 3.05) is 12.4 Å². The molecule has 2 N–H and O–H groups in total. The SMILES string of the molecule is C=C(CCl)[C@H](NO)N1CCC1=O. The minimum absolute atomic E-state index is 0.00724. The summed E-state index contributed by atoms with van der Waals surface area (Å²) in [5.41, 5.74) is 2.60. The van der Waals surface area contributed by atoms with Gasteiger partial charge in [-0.2, -0.15) is 5.48 Å². The number of β-lactam (4-membered cyclic amide) rings is 1. The summed E-state index contributed by atoms with van der Waals surface area (Å²) in [5, 5.41) is 8.72. The van der Waals surface area contributed by atoms with Crippen LogP contribution in [0.2, 0.25) is 0 Å². The zero-order chi connectivity index (χ0) is 9.14. The maximum absolute atomic E-state index is 10.9. The van der Waals surface area contributed by atoms with Gasteiger partial charge in [-0.3, -0.25) is 4.79 Å². The second kappa shape index (κ2) is 3.89. The molecular weight excluding hydrogens is 180 g/mol. The van der Waals surface area contributed by atoms with Gasteiger partial charge in [-0.05, 0) is 5.57 Å². The molecule has 0 spiro atoms. The van der Waals surface area contributed by atoms with Crippen LogP contribution in [0.5, 0.6) is 0 Å². The fraction of sp³-hybridized carbons (Fsp3) is 0.571. The van der Waals surface area contributed by atoms with Gasteiger partial charge in [-0.15, -0.1) is 11.6 Å². The van der Waals surface area contributed by atoms with Crippen molar-refractivity contribution < 1.29 is 10.0 Å². The number of likely N-dealkylation sites (tertiary alicyclic amines) is 1. The molecule has 0 unspecified atom stereocenters. The van der Waals surface area contributed by atoms with Crippen molar-refractivity contribution in [1.82, 2.24) is 10.4 Å². The summed E-state index contributed by atoms with van der Waals surface area (Å²) < 4.78 is 0. The van der Waals surface area contributed by atoms with E-state index in [4.69, 9.17) is 16.8 Å². The molecule has 0 aromatic rings. The van der Waals surface area contributed by atoms with Gasteiger partial charge in [0.25, 0.3) is 0 Å². The molecule has 1 atom stereocenters. The van der Waals surface area contributed by atoms with Crippen LogP contribution < -0.4 is 5.48 Å². The molecule has 5 heteroatoms. The Bertz CT molecular complexity index is 208. The Hall–Kier alpha value is -0.580.